The van der Waals surface area contributed by atoms with Crippen LogP contribution in [0, 0.1) is 0 Å². The predicted molar refractivity (Wildman–Crippen MR) is 92.1 cm³/mol. The largest absolute Gasteiger partial charge is 2.00 e. The number of unbranched alkanes of at least 4 members (excludes halogenated alkanes) is 5. The molecule has 0 bridgehead atoms. The van der Waals surface area contributed by atoms with Crippen molar-refractivity contribution >= 4 is 11.6 Å². The van der Waals surface area contributed by atoms with Gasteiger partial charge >= 0.3 is 19.5 Å². The molecule has 0 amide bonds. The smallest absolute Gasteiger partial charge is 1.00 e. The van der Waals surface area contributed by atoms with Crippen LogP contribution in [0.5, 0.6) is 0 Å². The Labute approximate surface area is 160 Å². The second-order valence-corrected chi connectivity index (χ2v) is 5.85. The Morgan fingerprint density at radius 3 is 2.39 bits per heavy atom. The molecule has 5 heteroatoms. The van der Waals surface area contributed by atoms with Crippen molar-refractivity contribution in [1.29, 1.82) is 0 Å². The fourth-order valence-corrected chi connectivity index (χ4v) is 2.62. The van der Waals surface area contributed by atoms with Gasteiger partial charge in [0.25, 0.3) is 0 Å². The summed E-state index contributed by atoms with van der Waals surface area (Å²) < 4.78 is 0. The second-order valence-electron chi connectivity index (χ2n) is 5.85. The molecule has 1 aromatic carbocycles. The van der Waals surface area contributed by atoms with E-state index in [0.717, 1.165) is 31.2 Å². The van der Waals surface area contributed by atoms with Crippen LogP contribution in [0.4, 0.5) is 5.69 Å². The van der Waals surface area contributed by atoms with Crippen molar-refractivity contribution in [1.82, 2.24) is 5.32 Å². The minimum atomic E-state index is 0. The maximum atomic E-state index is 4.43. The number of hydrogen-bond acceptors (Lipinski definition) is 3. The number of aliphatic imine (C=N–C) groups is 1. The third-order valence-corrected chi connectivity index (χ3v) is 3.93. The van der Waals surface area contributed by atoms with Crippen molar-refractivity contribution in [3.8, 4) is 0 Å². The van der Waals surface area contributed by atoms with E-state index in [1.165, 1.54) is 50.5 Å². The van der Waals surface area contributed by atoms with Gasteiger partial charge in [0.2, 0.25) is 0 Å². The molecule has 0 saturated carbocycles. The van der Waals surface area contributed by atoms with Crippen molar-refractivity contribution in [3.05, 3.63) is 29.8 Å². The molecular weight excluding hydrogens is 359 g/mol. The molecule has 3 nitrogen and oxygen atoms in total. The molecule has 1 heterocycles. The average Bonchev–Trinajstić information content (AvgIpc) is 2.53. The molecule has 2 rings (SSSR count). The summed E-state index contributed by atoms with van der Waals surface area (Å²) in [6, 6.07) is 8.78. The summed E-state index contributed by atoms with van der Waals surface area (Å²) in [5, 5.41) is 6.62. The number of hydrogen-bond donors (Lipinski definition) is 2. The summed E-state index contributed by atoms with van der Waals surface area (Å²) >= 11 is 0. The van der Waals surface area contributed by atoms with Gasteiger partial charge in [-0.3, -0.25) is 4.99 Å². The number of nitrogens with one attached hydrogen (secondary N) is 2. The third-order valence-electron chi connectivity index (χ3n) is 3.93. The molecule has 2 N–H and O–H groups in total. The Hall–Kier alpha value is -0.597. The summed E-state index contributed by atoms with van der Waals surface area (Å²) in [6.45, 7) is 4.21. The molecule has 23 heavy (non-hydrogen) atoms. The van der Waals surface area contributed by atoms with Crippen molar-refractivity contribution in [2.75, 3.05) is 18.4 Å². The number of aryl methyl sites for hydroxylation is 1. The molecular formula is C18H29ClN3Zn+. The molecule has 0 atom stereocenters. The SMILES string of the molecule is CCCCCCCCc1ccc(NC2=NCCCN2)cc1.[Cl-].[Zn+2]. The van der Waals surface area contributed by atoms with Gasteiger partial charge in [0.1, 0.15) is 0 Å². The maximum Gasteiger partial charge on any atom is 2.00 e. The number of rotatable bonds is 8. The van der Waals surface area contributed by atoms with Gasteiger partial charge in [-0.05, 0) is 37.0 Å². The summed E-state index contributed by atoms with van der Waals surface area (Å²) in [6.07, 6.45) is 10.5. The van der Waals surface area contributed by atoms with E-state index in [1.54, 1.807) is 0 Å². The van der Waals surface area contributed by atoms with Gasteiger partial charge in [0, 0.05) is 18.8 Å². The zero-order chi connectivity index (χ0) is 14.8. The van der Waals surface area contributed by atoms with Crippen LogP contribution in [0.3, 0.4) is 0 Å². The van der Waals surface area contributed by atoms with E-state index in [1.807, 2.05) is 0 Å². The Bertz CT molecular complexity index is 434. The number of guanidine groups is 1. The quantitative estimate of drug-likeness (QED) is 0.521. The average molecular weight is 388 g/mol. The van der Waals surface area contributed by atoms with Gasteiger partial charge in [-0.2, -0.15) is 0 Å². The molecule has 124 valence electrons. The first-order valence-electron chi connectivity index (χ1n) is 8.53. The summed E-state index contributed by atoms with van der Waals surface area (Å²) in [7, 11) is 0. The first-order valence-corrected chi connectivity index (χ1v) is 8.53. The topological polar surface area (TPSA) is 36.4 Å². The molecule has 0 saturated heterocycles. The molecule has 1 aliphatic rings. The molecule has 0 radical (unpaired) electrons. The van der Waals surface area contributed by atoms with Gasteiger partial charge in [-0.15, -0.1) is 0 Å². The van der Waals surface area contributed by atoms with Crippen LogP contribution in [0.25, 0.3) is 0 Å². The van der Waals surface area contributed by atoms with Crippen LogP contribution in [0.2, 0.25) is 0 Å². The minimum absolute atomic E-state index is 0. The minimum Gasteiger partial charge on any atom is -1.00 e. The monoisotopic (exact) mass is 386 g/mol. The maximum absolute atomic E-state index is 4.43. The van der Waals surface area contributed by atoms with E-state index in [2.05, 4.69) is 46.8 Å². The van der Waals surface area contributed by atoms with Crippen LogP contribution in [-0.4, -0.2) is 19.0 Å². The van der Waals surface area contributed by atoms with Crippen molar-refractivity contribution in [2.24, 2.45) is 4.99 Å². The fraction of sp³-hybridized carbons (Fsp3) is 0.611. The van der Waals surface area contributed by atoms with Crippen molar-refractivity contribution < 1.29 is 31.9 Å². The predicted octanol–water partition coefficient (Wildman–Crippen LogP) is 1.35. The zero-order valence-corrected chi connectivity index (χ0v) is 18.1. The number of halogens is 1. The molecule has 0 fully saturated rings. The summed E-state index contributed by atoms with van der Waals surface area (Å²) in [5.41, 5.74) is 2.56. The second kappa shape index (κ2) is 13.8. The number of benzene rings is 1. The fourth-order valence-electron chi connectivity index (χ4n) is 2.62. The Balaban J connectivity index is 0.00000242. The molecule has 0 spiro atoms. The van der Waals surface area contributed by atoms with Gasteiger partial charge in [0.05, 0.1) is 0 Å². The summed E-state index contributed by atoms with van der Waals surface area (Å²) in [4.78, 5) is 4.43. The Kier molecular flexibility index (Phi) is 13.4. The van der Waals surface area contributed by atoms with Crippen LogP contribution < -0.4 is 23.0 Å². The van der Waals surface area contributed by atoms with Crippen LogP contribution >= 0.6 is 0 Å². The van der Waals surface area contributed by atoms with Gasteiger partial charge < -0.3 is 23.0 Å². The Morgan fingerprint density at radius 1 is 1.04 bits per heavy atom. The molecule has 1 aromatic rings. The van der Waals surface area contributed by atoms with E-state index in [0.29, 0.717) is 0 Å². The van der Waals surface area contributed by atoms with E-state index in [4.69, 9.17) is 0 Å². The first-order chi connectivity index (χ1) is 10.4. The van der Waals surface area contributed by atoms with E-state index in [9.17, 15) is 0 Å². The van der Waals surface area contributed by atoms with Gasteiger partial charge in [-0.1, -0.05) is 51.2 Å². The van der Waals surface area contributed by atoms with E-state index in [-0.39, 0.29) is 31.9 Å². The summed E-state index contributed by atoms with van der Waals surface area (Å²) in [5.74, 6) is 0.907. The van der Waals surface area contributed by atoms with Gasteiger partial charge in [0.15, 0.2) is 5.96 Å². The van der Waals surface area contributed by atoms with Crippen LogP contribution in [0.15, 0.2) is 29.3 Å². The number of nitrogens with zero attached hydrogens (tertiary/aromatic N) is 1. The first kappa shape index (κ1) is 22.4. The van der Waals surface area contributed by atoms with Crippen molar-refractivity contribution in [3.63, 3.8) is 0 Å². The Morgan fingerprint density at radius 2 is 1.74 bits per heavy atom. The standard InChI is InChI=1S/C18H29N3.ClH.Zn/c1-2-3-4-5-6-7-9-16-10-12-17(13-11-16)21-18-19-14-8-15-20-18;;/h10-13H,2-9,14-15H2,1H3,(H2,19,20,21);1H;/q;;+2/p-1. The van der Waals surface area contributed by atoms with E-state index >= 15 is 0 Å². The van der Waals surface area contributed by atoms with Crippen LogP contribution in [-0.2, 0) is 25.9 Å². The molecule has 1 aliphatic heterocycles. The van der Waals surface area contributed by atoms with E-state index < -0.39 is 0 Å². The third kappa shape index (κ3) is 9.32. The zero-order valence-electron chi connectivity index (χ0n) is 14.4. The molecule has 0 aliphatic carbocycles. The molecule has 0 aromatic heterocycles. The normalized spacial score (nSPS) is 13.2. The van der Waals surface area contributed by atoms with Gasteiger partial charge in [-0.25, -0.2) is 0 Å². The van der Waals surface area contributed by atoms with Crippen LogP contribution in [0.1, 0.15) is 57.4 Å². The number of anilines is 1. The molecule has 0 unspecified atom stereocenters. The van der Waals surface area contributed by atoms with Crippen molar-refractivity contribution in [2.45, 2.75) is 58.3 Å².